The lowest BCUT2D eigenvalue weighted by atomic mass is 9.98. The van der Waals surface area contributed by atoms with Gasteiger partial charge < -0.3 is 14.7 Å². The number of benzene rings is 1. The Morgan fingerprint density at radius 1 is 1.38 bits per heavy atom. The molecule has 1 aromatic carbocycles. The number of ether oxygens (including phenoxy) is 1. The van der Waals surface area contributed by atoms with Crippen LogP contribution in [0.5, 0.6) is 11.5 Å². The van der Waals surface area contributed by atoms with Gasteiger partial charge in [-0.15, -0.1) is 0 Å². The van der Waals surface area contributed by atoms with Gasteiger partial charge in [-0.3, -0.25) is 0 Å². The van der Waals surface area contributed by atoms with Gasteiger partial charge in [-0.1, -0.05) is 18.5 Å². The number of aryl methyl sites for hydroxylation is 1. The third-order valence-electron chi connectivity index (χ3n) is 5.40. The van der Waals surface area contributed by atoms with E-state index in [0.717, 1.165) is 23.3 Å². The van der Waals surface area contributed by atoms with Crippen LogP contribution in [-0.4, -0.2) is 24.8 Å². The number of aromatic nitrogens is 1. The van der Waals surface area contributed by atoms with Crippen molar-refractivity contribution >= 4 is 22.5 Å². The molecular formula is C19H27ClN2O2+2. The van der Waals surface area contributed by atoms with Crippen molar-refractivity contribution in [3.05, 3.63) is 28.4 Å². The summed E-state index contributed by atoms with van der Waals surface area (Å²) in [5.41, 5.74) is 2.70. The van der Waals surface area contributed by atoms with Gasteiger partial charge >= 0.3 is 0 Å². The molecule has 1 fully saturated rings. The van der Waals surface area contributed by atoms with E-state index in [0.29, 0.717) is 22.2 Å². The first-order chi connectivity index (χ1) is 11.6. The van der Waals surface area contributed by atoms with Crippen LogP contribution in [0.15, 0.2) is 12.1 Å². The van der Waals surface area contributed by atoms with Gasteiger partial charge in [-0.05, 0) is 37.8 Å². The monoisotopic (exact) mass is 350 g/mol. The number of aromatic amines is 1. The van der Waals surface area contributed by atoms with E-state index in [9.17, 15) is 5.11 Å². The molecule has 0 amide bonds. The van der Waals surface area contributed by atoms with Crippen molar-refractivity contribution in [3.8, 4) is 11.5 Å². The molecule has 0 saturated carbocycles. The first kappa shape index (κ1) is 17.3. The van der Waals surface area contributed by atoms with Gasteiger partial charge in [-0.2, -0.15) is 0 Å². The highest BCUT2D eigenvalue weighted by Gasteiger charge is 2.29. The van der Waals surface area contributed by atoms with Gasteiger partial charge in [-0.25, -0.2) is 4.98 Å². The lowest BCUT2D eigenvalue weighted by Gasteiger charge is -2.32. The number of aromatic hydroxyl groups is 1. The molecule has 130 valence electrons. The van der Waals surface area contributed by atoms with Crippen LogP contribution >= 0.6 is 11.6 Å². The highest BCUT2D eigenvalue weighted by molar-refractivity contribution is 6.36. The number of piperidine rings is 1. The van der Waals surface area contributed by atoms with Crippen LogP contribution in [0.25, 0.3) is 10.9 Å². The molecule has 2 aromatic rings. The lowest BCUT2D eigenvalue weighted by Crippen LogP contribution is -3.15. The summed E-state index contributed by atoms with van der Waals surface area (Å²) in [7, 11) is 1.63. The Labute approximate surface area is 148 Å². The Kier molecular flexibility index (Phi) is 5.16. The number of hydrogen-bond donors (Lipinski definition) is 2. The van der Waals surface area contributed by atoms with E-state index in [2.05, 4.69) is 11.9 Å². The molecule has 0 aliphatic carbocycles. The van der Waals surface area contributed by atoms with E-state index in [1.54, 1.807) is 18.1 Å². The summed E-state index contributed by atoms with van der Waals surface area (Å²) in [6, 6.07) is 4.27. The molecule has 0 spiro atoms. The molecule has 1 aromatic heterocycles. The number of rotatable bonds is 4. The predicted octanol–water partition coefficient (Wildman–Crippen LogP) is 2.68. The van der Waals surface area contributed by atoms with Gasteiger partial charge in [0.1, 0.15) is 23.2 Å². The molecule has 0 radical (unpaired) electrons. The number of methoxy groups -OCH3 is 1. The van der Waals surface area contributed by atoms with Gasteiger partial charge in [0.2, 0.25) is 0 Å². The van der Waals surface area contributed by atoms with Crippen LogP contribution in [0.2, 0.25) is 5.02 Å². The molecule has 1 aliphatic rings. The zero-order chi connectivity index (χ0) is 17.3. The van der Waals surface area contributed by atoms with Gasteiger partial charge in [0.25, 0.3) is 5.52 Å². The van der Waals surface area contributed by atoms with Crippen LogP contribution in [0.1, 0.15) is 43.9 Å². The summed E-state index contributed by atoms with van der Waals surface area (Å²) in [5, 5.41) is 12.1. The van der Waals surface area contributed by atoms with Crippen LogP contribution < -0.4 is 14.6 Å². The normalized spacial score (nSPS) is 21.2. The fourth-order valence-electron chi connectivity index (χ4n) is 4.00. The Hall–Kier alpha value is -1.52. The van der Waals surface area contributed by atoms with Crippen LogP contribution in [0, 0.1) is 6.92 Å². The first-order valence-corrected chi connectivity index (χ1v) is 9.19. The summed E-state index contributed by atoms with van der Waals surface area (Å²) < 4.78 is 5.41. The number of halogens is 1. The second-order valence-corrected chi connectivity index (χ2v) is 7.17. The lowest BCUT2D eigenvalue weighted by molar-refractivity contribution is -0.944. The number of H-pyrrole nitrogens is 1. The smallest absolute Gasteiger partial charge is 0.258 e. The Morgan fingerprint density at radius 2 is 2.17 bits per heavy atom. The molecule has 2 atom stereocenters. The fraction of sp³-hybridized carbons (Fsp3) is 0.526. The first-order valence-electron chi connectivity index (χ1n) is 8.81. The van der Waals surface area contributed by atoms with E-state index >= 15 is 0 Å². The van der Waals surface area contributed by atoms with Gasteiger partial charge in [0.15, 0.2) is 11.4 Å². The Morgan fingerprint density at radius 3 is 2.88 bits per heavy atom. The van der Waals surface area contributed by atoms with Crippen molar-refractivity contribution in [1.29, 1.82) is 0 Å². The summed E-state index contributed by atoms with van der Waals surface area (Å²) in [4.78, 5) is 4.96. The summed E-state index contributed by atoms with van der Waals surface area (Å²) in [6.07, 6.45) is 5.04. The van der Waals surface area contributed by atoms with E-state index in [1.807, 2.05) is 13.0 Å². The minimum absolute atomic E-state index is 0.290. The second kappa shape index (κ2) is 7.16. The quantitative estimate of drug-likeness (QED) is 0.890. The molecule has 5 heteroatoms. The number of quaternary nitrogens is 1. The molecule has 3 N–H and O–H groups in total. The second-order valence-electron chi connectivity index (χ2n) is 6.76. The highest BCUT2D eigenvalue weighted by Crippen LogP contribution is 2.37. The number of nitrogens with one attached hydrogen (secondary N) is 2. The topological polar surface area (TPSA) is 48.0 Å². The molecule has 24 heavy (non-hydrogen) atoms. The highest BCUT2D eigenvalue weighted by atomic mass is 35.5. The van der Waals surface area contributed by atoms with E-state index in [4.69, 9.17) is 16.3 Å². The molecule has 0 bridgehead atoms. The number of hydrogen-bond acceptors (Lipinski definition) is 2. The molecule has 1 aliphatic heterocycles. The average molecular weight is 351 g/mol. The molecule has 4 nitrogen and oxygen atoms in total. The summed E-state index contributed by atoms with van der Waals surface area (Å²) >= 11 is 6.37. The number of likely N-dealkylation sites (tertiary alicyclic amines) is 1. The number of fused-ring (bicyclic) bond motifs is 1. The van der Waals surface area contributed by atoms with Crippen molar-refractivity contribution in [3.63, 3.8) is 0 Å². The van der Waals surface area contributed by atoms with E-state index in [-0.39, 0.29) is 5.75 Å². The largest absolute Gasteiger partial charge is 0.506 e. The zero-order valence-electron chi connectivity index (χ0n) is 14.7. The van der Waals surface area contributed by atoms with Gasteiger partial charge in [0, 0.05) is 6.92 Å². The van der Waals surface area contributed by atoms with E-state index < -0.39 is 0 Å². The van der Waals surface area contributed by atoms with Crippen LogP contribution in [0.3, 0.4) is 0 Å². The maximum atomic E-state index is 10.9. The van der Waals surface area contributed by atoms with Crippen molar-refractivity contribution in [1.82, 2.24) is 0 Å². The molecule has 1 saturated heterocycles. The SMILES string of the molecule is CCC1CCCC[NH+]1Cc1c(C)[nH+]c2c(OC)ccc(Cl)c2c1O. The third kappa shape index (κ3) is 3.05. The van der Waals surface area contributed by atoms with Crippen molar-refractivity contribution in [2.24, 2.45) is 0 Å². The maximum Gasteiger partial charge on any atom is 0.258 e. The third-order valence-corrected chi connectivity index (χ3v) is 5.71. The fourth-order valence-corrected chi connectivity index (χ4v) is 4.24. The Bertz CT molecular complexity index is 748. The molecule has 3 rings (SSSR count). The molecule has 2 heterocycles. The maximum absolute atomic E-state index is 10.9. The van der Waals surface area contributed by atoms with Gasteiger partial charge in [0.05, 0.1) is 24.7 Å². The summed E-state index contributed by atoms with van der Waals surface area (Å²) in [5.74, 6) is 0.981. The van der Waals surface area contributed by atoms with Crippen LogP contribution in [-0.2, 0) is 6.54 Å². The van der Waals surface area contributed by atoms with Crippen molar-refractivity contribution < 1.29 is 19.7 Å². The minimum Gasteiger partial charge on any atom is -0.506 e. The molecular weight excluding hydrogens is 324 g/mol. The average Bonchev–Trinajstić information content (AvgIpc) is 2.59. The summed E-state index contributed by atoms with van der Waals surface area (Å²) in [6.45, 7) is 6.27. The van der Waals surface area contributed by atoms with Crippen molar-refractivity contribution in [2.45, 2.75) is 52.1 Å². The van der Waals surface area contributed by atoms with Crippen molar-refractivity contribution in [2.75, 3.05) is 13.7 Å². The Balaban J connectivity index is 2.07. The molecule has 2 unspecified atom stereocenters. The standard InChI is InChI=1S/C19H25ClN2O2/c1-4-13-7-5-6-10-22(13)11-14-12(2)21-18-16(24-3)9-8-15(20)17(18)19(14)23/h8-9,13H,4-7,10-11H2,1-3H3,(H,21,23)/p+2. The predicted molar refractivity (Wildman–Crippen MR) is 95.9 cm³/mol. The van der Waals surface area contributed by atoms with E-state index in [1.165, 1.54) is 32.2 Å². The zero-order valence-corrected chi connectivity index (χ0v) is 15.5. The number of pyridine rings is 1. The minimum atomic E-state index is 0.290. The van der Waals surface area contributed by atoms with Crippen LogP contribution in [0.4, 0.5) is 0 Å².